The van der Waals surface area contributed by atoms with Crippen molar-refractivity contribution in [1.29, 1.82) is 0 Å². The number of nitrogens with zero attached hydrogens (tertiary/aromatic N) is 7. The summed E-state index contributed by atoms with van der Waals surface area (Å²) in [4.78, 5) is 23.4. The number of aromatic nitrogens is 6. The third kappa shape index (κ3) is 2.53. The van der Waals surface area contributed by atoms with Gasteiger partial charge in [-0.05, 0) is 38.8 Å². The molecule has 1 amide bonds. The zero-order valence-electron chi connectivity index (χ0n) is 13.8. The molecule has 0 unspecified atom stereocenters. The third-order valence-electron chi connectivity index (χ3n) is 4.40. The number of likely N-dealkylation sites (tertiary alicyclic amines) is 1. The average Bonchev–Trinajstić information content (AvgIpc) is 3.26. The van der Waals surface area contributed by atoms with E-state index in [1.54, 1.807) is 10.7 Å². The molecule has 1 fully saturated rings. The maximum atomic E-state index is 12.9. The maximum Gasteiger partial charge on any atom is 0.293 e. The van der Waals surface area contributed by atoms with Crippen LogP contribution in [-0.4, -0.2) is 52.8 Å². The number of amides is 1. The van der Waals surface area contributed by atoms with Crippen molar-refractivity contribution in [3.05, 3.63) is 41.7 Å². The molecule has 0 N–H and O–H groups in total. The first-order chi connectivity index (χ1) is 11.6. The van der Waals surface area contributed by atoms with E-state index in [9.17, 15) is 4.79 Å². The number of carbonyl (C=O) groups excluding carboxylic acids is 1. The number of carbonyl (C=O) groups is 1. The summed E-state index contributed by atoms with van der Waals surface area (Å²) in [7, 11) is 0. The van der Waals surface area contributed by atoms with Crippen LogP contribution in [0.25, 0.3) is 5.78 Å². The van der Waals surface area contributed by atoms with Crippen molar-refractivity contribution in [1.82, 2.24) is 34.3 Å². The molecular formula is C16H19N7O. The highest BCUT2D eigenvalue weighted by Gasteiger charge is 2.32. The number of hydrogen-bond acceptors (Lipinski definition) is 5. The Kier molecular flexibility index (Phi) is 3.51. The fourth-order valence-corrected chi connectivity index (χ4v) is 3.30. The van der Waals surface area contributed by atoms with Gasteiger partial charge in [0.2, 0.25) is 5.82 Å². The van der Waals surface area contributed by atoms with E-state index in [0.29, 0.717) is 12.3 Å². The molecule has 3 aromatic rings. The van der Waals surface area contributed by atoms with Crippen LogP contribution in [-0.2, 0) is 6.54 Å². The Labute approximate surface area is 139 Å². The number of hydrogen-bond donors (Lipinski definition) is 0. The molecule has 24 heavy (non-hydrogen) atoms. The van der Waals surface area contributed by atoms with Gasteiger partial charge in [-0.15, -0.1) is 5.10 Å². The van der Waals surface area contributed by atoms with E-state index in [1.165, 1.54) is 0 Å². The lowest BCUT2D eigenvalue weighted by atomic mass is 10.2. The van der Waals surface area contributed by atoms with E-state index in [2.05, 4.69) is 20.2 Å². The Balaban J connectivity index is 1.61. The topological polar surface area (TPSA) is 81.2 Å². The second-order valence-corrected chi connectivity index (χ2v) is 6.21. The summed E-state index contributed by atoms with van der Waals surface area (Å²) in [6, 6.07) is 3.94. The number of fused-ring (bicyclic) bond motifs is 1. The Bertz CT molecular complexity index is 883. The summed E-state index contributed by atoms with van der Waals surface area (Å²) < 4.78 is 3.49. The Morgan fingerprint density at radius 2 is 2.21 bits per heavy atom. The van der Waals surface area contributed by atoms with Gasteiger partial charge in [0.25, 0.3) is 11.7 Å². The molecule has 1 saturated heterocycles. The van der Waals surface area contributed by atoms with E-state index in [0.717, 1.165) is 30.8 Å². The lowest BCUT2D eigenvalue weighted by Crippen LogP contribution is -2.38. The summed E-state index contributed by atoms with van der Waals surface area (Å²) >= 11 is 0. The molecule has 1 aliphatic rings. The third-order valence-corrected chi connectivity index (χ3v) is 4.40. The van der Waals surface area contributed by atoms with Crippen LogP contribution in [0.15, 0.2) is 24.5 Å². The molecule has 1 atom stereocenters. The molecule has 124 valence electrons. The van der Waals surface area contributed by atoms with Gasteiger partial charge in [0.15, 0.2) is 0 Å². The number of aryl methyl sites for hydroxylation is 2. The summed E-state index contributed by atoms with van der Waals surface area (Å²) in [5.74, 6) is 0.550. The number of rotatable bonds is 3. The summed E-state index contributed by atoms with van der Waals surface area (Å²) in [6.45, 7) is 5.26. The molecule has 0 radical (unpaired) electrons. The monoisotopic (exact) mass is 325 g/mol. The highest BCUT2D eigenvalue weighted by molar-refractivity contribution is 5.91. The molecular weight excluding hydrogens is 306 g/mol. The minimum atomic E-state index is -0.132. The van der Waals surface area contributed by atoms with E-state index < -0.39 is 0 Å². The van der Waals surface area contributed by atoms with Crippen LogP contribution in [0.5, 0.6) is 0 Å². The molecule has 4 rings (SSSR count). The van der Waals surface area contributed by atoms with Gasteiger partial charge >= 0.3 is 0 Å². The van der Waals surface area contributed by atoms with Crippen LogP contribution < -0.4 is 0 Å². The summed E-state index contributed by atoms with van der Waals surface area (Å²) in [5.41, 5.74) is 1.78. The van der Waals surface area contributed by atoms with E-state index >= 15 is 0 Å². The van der Waals surface area contributed by atoms with Crippen molar-refractivity contribution in [3.63, 3.8) is 0 Å². The molecule has 3 aromatic heterocycles. The zero-order valence-corrected chi connectivity index (χ0v) is 13.8. The predicted molar refractivity (Wildman–Crippen MR) is 86.5 cm³/mol. The predicted octanol–water partition coefficient (Wildman–Crippen LogP) is 1.24. The first-order valence-electron chi connectivity index (χ1n) is 8.11. The quantitative estimate of drug-likeness (QED) is 0.724. The largest absolute Gasteiger partial charge is 0.331 e. The molecule has 0 spiro atoms. The van der Waals surface area contributed by atoms with Gasteiger partial charge in [-0.3, -0.25) is 9.48 Å². The summed E-state index contributed by atoms with van der Waals surface area (Å²) in [5, 5.41) is 8.59. The fourth-order valence-electron chi connectivity index (χ4n) is 3.30. The van der Waals surface area contributed by atoms with Gasteiger partial charge < -0.3 is 4.90 Å². The highest BCUT2D eigenvalue weighted by Crippen LogP contribution is 2.21. The second-order valence-electron chi connectivity index (χ2n) is 6.21. The first-order valence-corrected chi connectivity index (χ1v) is 8.11. The molecule has 4 heterocycles. The summed E-state index contributed by atoms with van der Waals surface area (Å²) in [6.07, 6.45) is 5.62. The van der Waals surface area contributed by atoms with Crippen molar-refractivity contribution in [3.8, 4) is 0 Å². The van der Waals surface area contributed by atoms with Crippen LogP contribution in [0.1, 0.15) is 34.8 Å². The van der Waals surface area contributed by atoms with Crippen LogP contribution in [0.2, 0.25) is 0 Å². The zero-order chi connectivity index (χ0) is 16.7. The normalized spacial score (nSPS) is 17.8. The first kappa shape index (κ1) is 14.8. The minimum Gasteiger partial charge on any atom is -0.331 e. The SMILES string of the molecule is Cc1cc(C)n2nc(C(=O)N3CCC[C@@H]3Cn3cccn3)nc2n1. The van der Waals surface area contributed by atoms with Gasteiger partial charge in [-0.25, -0.2) is 9.50 Å². The van der Waals surface area contributed by atoms with Gasteiger partial charge in [-0.2, -0.15) is 10.1 Å². The van der Waals surface area contributed by atoms with Crippen molar-refractivity contribution in [2.24, 2.45) is 0 Å². The van der Waals surface area contributed by atoms with E-state index in [4.69, 9.17) is 0 Å². The van der Waals surface area contributed by atoms with E-state index in [-0.39, 0.29) is 17.8 Å². The van der Waals surface area contributed by atoms with Crippen LogP contribution >= 0.6 is 0 Å². The lowest BCUT2D eigenvalue weighted by Gasteiger charge is -2.23. The minimum absolute atomic E-state index is 0.125. The van der Waals surface area contributed by atoms with Crippen molar-refractivity contribution < 1.29 is 4.79 Å². The Hall–Kier alpha value is -2.77. The molecule has 0 bridgehead atoms. The molecule has 0 saturated carbocycles. The average molecular weight is 325 g/mol. The van der Waals surface area contributed by atoms with Crippen LogP contribution in [0, 0.1) is 13.8 Å². The fraction of sp³-hybridized carbons (Fsp3) is 0.438. The standard InChI is InChI=1S/C16H19N7O/c1-11-9-12(2)23-16(18-11)19-14(20-23)15(24)22-8-3-5-13(22)10-21-7-4-6-17-21/h4,6-7,9,13H,3,5,8,10H2,1-2H3/t13-/m1/s1. The smallest absolute Gasteiger partial charge is 0.293 e. The molecule has 0 aromatic carbocycles. The van der Waals surface area contributed by atoms with Crippen LogP contribution in [0.4, 0.5) is 0 Å². The van der Waals surface area contributed by atoms with Gasteiger partial charge in [0, 0.05) is 30.3 Å². The molecule has 8 nitrogen and oxygen atoms in total. The second kappa shape index (κ2) is 5.70. The van der Waals surface area contributed by atoms with E-state index in [1.807, 2.05) is 41.8 Å². The van der Waals surface area contributed by atoms with Gasteiger partial charge in [0.05, 0.1) is 12.6 Å². The van der Waals surface area contributed by atoms with Crippen molar-refractivity contribution in [2.75, 3.05) is 6.54 Å². The molecule has 0 aliphatic carbocycles. The van der Waals surface area contributed by atoms with Gasteiger partial charge in [-0.1, -0.05) is 0 Å². The molecule has 1 aliphatic heterocycles. The van der Waals surface area contributed by atoms with Crippen LogP contribution in [0.3, 0.4) is 0 Å². The highest BCUT2D eigenvalue weighted by atomic mass is 16.2. The molecule has 8 heteroatoms. The Morgan fingerprint density at radius 1 is 1.33 bits per heavy atom. The van der Waals surface area contributed by atoms with Crippen molar-refractivity contribution in [2.45, 2.75) is 39.3 Å². The lowest BCUT2D eigenvalue weighted by molar-refractivity contribution is 0.0709. The maximum absolute atomic E-state index is 12.9. The van der Waals surface area contributed by atoms with Crippen molar-refractivity contribution >= 4 is 11.7 Å². The van der Waals surface area contributed by atoms with Gasteiger partial charge in [0.1, 0.15) is 0 Å². The Morgan fingerprint density at radius 3 is 3.00 bits per heavy atom.